The lowest BCUT2D eigenvalue weighted by Crippen LogP contribution is -2.52. The van der Waals surface area contributed by atoms with E-state index in [0.717, 1.165) is 45.4 Å². The van der Waals surface area contributed by atoms with Gasteiger partial charge in [0.2, 0.25) is 21.8 Å². The Balaban J connectivity index is 1.86. The first-order chi connectivity index (χ1) is 16.5. The molecule has 3 rings (SSSR count). The Morgan fingerprint density at radius 2 is 1.77 bits per heavy atom. The second-order valence-electron chi connectivity index (χ2n) is 8.92. The molecule has 35 heavy (non-hydrogen) atoms. The Morgan fingerprint density at radius 3 is 2.37 bits per heavy atom. The van der Waals surface area contributed by atoms with Gasteiger partial charge in [0.1, 0.15) is 12.6 Å². The van der Waals surface area contributed by atoms with Crippen molar-refractivity contribution in [2.24, 2.45) is 0 Å². The Bertz CT molecular complexity index is 1140. The zero-order chi connectivity index (χ0) is 25.6. The van der Waals surface area contributed by atoms with Crippen LogP contribution in [0.4, 0.5) is 5.69 Å². The van der Waals surface area contributed by atoms with Gasteiger partial charge in [-0.1, -0.05) is 43.0 Å². The second kappa shape index (κ2) is 12.4. The molecule has 2 amide bonds. The molecule has 1 N–H and O–H groups in total. The topological polar surface area (TPSA) is 86.8 Å². The number of nitrogens with zero attached hydrogens (tertiary/aromatic N) is 2. The van der Waals surface area contributed by atoms with E-state index in [1.165, 1.54) is 11.3 Å². The van der Waals surface area contributed by atoms with Crippen molar-refractivity contribution >= 4 is 61.7 Å². The molecular formula is C25H31ClIN3O4S. The van der Waals surface area contributed by atoms with Crippen LogP contribution in [0.1, 0.15) is 44.6 Å². The van der Waals surface area contributed by atoms with E-state index in [0.29, 0.717) is 10.7 Å². The fraction of sp³-hybridized carbons (Fsp3) is 0.440. The number of halogens is 2. The van der Waals surface area contributed by atoms with E-state index in [1.54, 1.807) is 49.4 Å². The normalized spacial score (nSPS) is 15.3. The number of benzene rings is 2. The molecule has 2 aromatic rings. The van der Waals surface area contributed by atoms with E-state index in [4.69, 9.17) is 11.6 Å². The lowest BCUT2D eigenvalue weighted by molar-refractivity contribution is -0.139. The second-order valence-corrected chi connectivity index (χ2v) is 12.5. The van der Waals surface area contributed by atoms with Gasteiger partial charge in [-0.2, -0.15) is 0 Å². The van der Waals surface area contributed by atoms with Gasteiger partial charge in [-0.25, -0.2) is 8.42 Å². The molecule has 1 atom stereocenters. The van der Waals surface area contributed by atoms with Crippen molar-refractivity contribution in [3.8, 4) is 0 Å². The fourth-order valence-corrected chi connectivity index (χ4v) is 5.63. The number of amides is 2. The molecule has 1 aliphatic rings. The molecule has 0 spiro atoms. The minimum atomic E-state index is -3.75. The Kier molecular flexibility index (Phi) is 9.83. The predicted octanol–water partition coefficient (Wildman–Crippen LogP) is 4.58. The van der Waals surface area contributed by atoms with Gasteiger partial charge in [0.25, 0.3) is 0 Å². The van der Waals surface area contributed by atoms with Crippen LogP contribution in [0.3, 0.4) is 0 Å². The zero-order valence-electron chi connectivity index (χ0n) is 19.9. The van der Waals surface area contributed by atoms with Crippen LogP contribution in [-0.4, -0.2) is 50.0 Å². The van der Waals surface area contributed by atoms with E-state index in [2.05, 4.69) is 27.9 Å². The van der Waals surface area contributed by atoms with E-state index < -0.39 is 28.5 Å². The van der Waals surface area contributed by atoms with Gasteiger partial charge in [-0.15, -0.1) is 0 Å². The summed E-state index contributed by atoms with van der Waals surface area (Å²) in [5.74, 6) is -0.715. The molecule has 0 heterocycles. The SMILES string of the molecule is C[C@@H](C(=O)NC1CCCCC1)N(Cc1cccc(Cl)c1)C(=O)CN(c1ccc(I)cc1)S(C)(=O)=O. The lowest BCUT2D eigenvalue weighted by atomic mass is 9.95. The largest absolute Gasteiger partial charge is 0.352 e. The van der Waals surface area contributed by atoms with E-state index in [1.807, 2.05) is 6.07 Å². The molecule has 1 saturated carbocycles. The van der Waals surface area contributed by atoms with Crippen LogP contribution in [0.2, 0.25) is 5.02 Å². The minimum absolute atomic E-state index is 0.0983. The average molecular weight is 632 g/mol. The van der Waals surface area contributed by atoms with Gasteiger partial charge in [-0.05, 0) is 84.3 Å². The number of sulfonamides is 1. The number of carbonyl (C=O) groups is 2. The van der Waals surface area contributed by atoms with Gasteiger partial charge in [0.15, 0.2) is 0 Å². The maximum Gasteiger partial charge on any atom is 0.244 e. The molecule has 10 heteroatoms. The summed E-state index contributed by atoms with van der Waals surface area (Å²) in [6.07, 6.45) is 6.23. The number of hydrogen-bond donors (Lipinski definition) is 1. The minimum Gasteiger partial charge on any atom is -0.352 e. The van der Waals surface area contributed by atoms with Crippen LogP contribution in [-0.2, 0) is 26.2 Å². The van der Waals surface area contributed by atoms with Crippen LogP contribution in [0.25, 0.3) is 0 Å². The first-order valence-corrected chi connectivity index (χ1v) is 14.9. The van der Waals surface area contributed by atoms with Crippen molar-refractivity contribution in [1.82, 2.24) is 10.2 Å². The van der Waals surface area contributed by atoms with Gasteiger partial charge >= 0.3 is 0 Å². The predicted molar refractivity (Wildman–Crippen MR) is 148 cm³/mol. The van der Waals surface area contributed by atoms with Crippen LogP contribution in [0.15, 0.2) is 48.5 Å². The molecule has 1 aliphatic carbocycles. The highest BCUT2D eigenvalue weighted by Crippen LogP contribution is 2.22. The average Bonchev–Trinajstić information content (AvgIpc) is 2.81. The molecule has 190 valence electrons. The van der Waals surface area contributed by atoms with Crippen molar-refractivity contribution in [2.75, 3.05) is 17.1 Å². The molecule has 0 aliphatic heterocycles. The van der Waals surface area contributed by atoms with Crippen LogP contribution < -0.4 is 9.62 Å². The summed E-state index contributed by atoms with van der Waals surface area (Å²) in [5.41, 5.74) is 1.15. The summed E-state index contributed by atoms with van der Waals surface area (Å²) >= 11 is 8.28. The van der Waals surface area contributed by atoms with Crippen LogP contribution in [0, 0.1) is 3.57 Å². The number of nitrogens with one attached hydrogen (secondary N) is 1. The van der Waals surface area contributed by atoms with Crippen molar-refractivity contribution in [1.29, 1.82) is 0 Å². The molecule has 0 radical (unpaired) electrons. The summed E-state index contributed by atoms with van der Waals surface area (Å²) < 4.78 is 27.2. The molecule has 0 bridgehead atoms. The van der Waals surface area contributed by atoms with Gasteiger partial charge in [0.05, 0.1) is 11.9 Å². The third-order valence-electron chi connectivity index (χ3n) is 6.15. The molecular weight excluding hydrogens is 601 g/mol. The highest BCUT2D eigenvalue weighted by molar-refractivity contribution is 14.1. The van der Waals surface area contributed by atoms with Crippen molar-refractivity contribution in [3.63, 3.8) is 0 Å². The van der Waals surface area contributed by atoms with Gasteiger partial charge < -0.3 is 10.2 Å². The number of hydrogen-bond acceptors (Lipinski definition) is 4. The maximum absolute atomic E-state index is 13.6. The number of anilines is 1. The summed E-state index contributed by atoms with van der Waals surface area (Å²) in [6, 6.07) is 13.3. The first-order valence-electron chi connectivity index (χ1n) is 11.6. The first kappa shape index (κ1) is 27.7. The van der Waals surface area contributed by atoms with Gasteiger partial charge in [-0.3, -0.25) is 13.9 Å². The van der Waals surface area contributed by atoms with Gasteiger partial charge in [0, 0.05) is 21.2 Å². The van der Waals surface area contributed by atoms with Crippen LogP contribution in [0.5, 0.6) is 0 Å². The summed E-state index contributed by atoms with van der Waals surface area (Å²) in [4.78, 5) is 28.1. The maximum atomic E-state index is 13.6. The highest BCUT2D eigenvalue weighted by atomic mass is 127. The van der Waals surface area contributed by atoms with Crippen molar-refractivity contribution < 1.29 is 18.0 Å². The smallest absolute Gasteiger partial charge is 0.244 e. The van der Waals surface area contributed by atoms with Crippen molar-refractivity contribution in [2.45, 2.75) is 57.7 Å². The monoisotopic (exact) mass is 631 g/mol. The Hall–Kier alpha value is -1.85. The number of rotatable bonds is 9. The molecule has 0 unspecified atom stereocenters. The summed E-state index contributed by atoms with van der Waals surface area (Å²) in [5, 5.41) is 3.60. The van der Waals surface area contributed by atoms with Crippen LogP contribution >= 0.6 is 34.2 Å². The Labute approximate surface area is 226 Å². The number of carbonyl (C=O) groups excluding carboxylic acids is 2. The fourth-order valence-electron chi connectivity index (χ4n) is 4.20. The Morgan fingerprint density at radius 1 is 1.11 bits per heavy atom. The quantitative estimate of drug-likeness (QED) is 0.411. The van der Waals surface area contributed by atoms with Crippen molar-refractivity contribution in [3.05, 3.63) is 62.7 Å². The lowest BCUT2D eigenvalue weighted by Gasteiger charge is -2.33. The van der Waals surface area contributed by atoms with E-state index in [9.17, 15) is 18.0 Å². The molecule has 2 aromatic carbocycles. The highest BCUT2D eigenvalue weighted by Gasteiger charge is 2.31. The molecule has 1 fully saturated rings. The molecule has 0 aromatic heterocycles. The summed E-state index contributed by atoms with van der Waals surface area (Å²) in [7, 11) is -3.75. The molecule has 7 nitrogen and oxygen atoms in total. The third-order valence-corrected chi connectivity index (χ3v) is 8.25. The van der Waals surface area contributed by atoms with E-state index in [-0.39, 0.29) is 18.5 Å². The van der Waals surface area contributed by atoms with E-state index >= 15 is 0 Å². The standard InChI is InChI=1S/C25H31ClIN3O4S/c1-18(25(32)28-22-9-4-3-5-10-22)29(16-19-7-6-8-20(26)15-19)24(31)17-30(35(2,33)34)23-13-11-21(27)12-14-23/h6-8,11-15,18,22H,3-5,9-10,16-17H2,1-2H3,(H,28,32)/t18-/m0/s1. The third kappa shape index (κ3) is 8.08. The molecule has 0 saturated heterocycles. The summed E-state index contributed by atoms with van der Waals surface area (Å²) in [6.45, 7) is 1.39. The zero-order valence-corrected chi connectivity index (χ0v) is 23.6.